The zero-order chi connectivity index (χ0) is 36.6. The Morgan fingerprint density at radius 2 is 0.691 bits per heavy atom. The summed E-state index contributed by atoms with van der Waals surface area (Å²) in [7, 11) is 0. The van der Waals surface area contributed by atoms with Gasteiger partial charge in [-0.3, -0.25) is 0 Å². The molecule has 8 aromatic carbocycles. The Balaban J connectivity index is 1.17. The van der Waals surface area contributed by atoms with Crippen molar-refractivity contribution in [3.8, 4) is 78.7 Å². The number of thiophene rings is 1. The van der Waals surface area contributed by atoms with Crippen molar-refractivity contribution in [2.45, 2.75) is 0 Å². The second-order valence-electron chi connectivity index (χ2n) is 13.6. The fourth-order valence-corrected chi connectivity index (χ4v) is 8.53. The van der Waals surface area contributed by atoms with Crippen molar-refractivity contribution in [2.24, 2.45) is 0 Å². The van der Waals surface area contributed by atoms with Crippen molar-refractivity contribution in [1.82, 2.24) is 15.0 Å². The van der Waals surface area contributed by atoms with Gasteiger partial charge in [-0.25, -0.2) is 15.0 Å². The molecule has 3 nitrogen and oxygen atoms in total. The van der Waals surface area contributed by atoms with Crippen LogP contribution in [0.25, 0.3) is 98.8 Å². The van der Waals surface area contributed by atoms with Crippen molar-refractivity contribution in [1.29, 1.82) is 0 Å². The number of aromatic nitrogens is 3. The molecule has 0 spiro atoms. The highest BCUT2D eigenvalue weighted by Gasteiger charge is 2.19. The van der Waals surface area contributed by atoms with Crippen LogP contribution in [-0.4, -0.2) is 15.0 Å². The molecule has 0 N–H and O–H groups in total. The first-order chi connectivity index (χ1) is 27.2. The van der Waals surface area contributed by atoms with E-state index in [9.17, 15) is 0 Å². The number of nitrogens with zero attached hydrogens (tertiary/aromatic N) is 3. The molecule has 0 saturated carbocycles. The molecule has 0 unspecified atom stereocenters. The lowest BCUT2D eigenvalue weighted by molar-refractivity contribution is 1.07. The van der Waals surface area contributed by atoms with Crippen LogP contribution in [0.5, 0.6) is 0 Å². The Morgan fingerprint density at radius 3 is 1.27 bits per heavy atom. The quantitative estimate of drug-likeness (QED) is 0.165. The Kier molecular flexibility index (Phi) is 8.36. The molecule has 55 heavy (non-hydrogen) atoms. The summed E-state index contributed by atoms with van der Waals surface area (Å²) < 4.78 is 2.60. The zero-order valence-corrected chi connectivity index (χ0v) is 30.6. The Hall–Kier alpha value is -7.01. The number of fused-ring (bicyclic) bond motifs is 3. The van der Waals surface area contributed by atoms with E-state index in [-0.39, 0.29) is 0 Å². The molecule has 2 aromatic heterocycles. The molecule has 0 aliphatic rings. The van der Waals surface area contributed by atoms with E-state index in [0.29, 0.717) is 17.5 Å². The molecule has 2 heterocycles. The SMILES string of the molecule is c1ccc(-c2cc(-c3ccc(-c4nc(-c5ccccc5)nc(-c5ccccc5)n4)cc3)c(-c3ccccc3)c(-c3ccc4sc5ccccc5c4c3)c2)cc1. The number of benzene rings is 8. The minimum atomic E-state index is 0.637. The maximum Gasteiger partial charge on any atom is 0.164 e. The molecular formula is C51H33N3S. The van der Waals surface area contributed by atoms with Gasteiger partial charge in [-0.2, -0.15) is 0 Å². The van der Waals surface area contributed by atoms with E-state index in [4.69, 9.17) is 15.0 Å². The van der Waals surface area contributed by atoms with Gasteiger partial charge < -0.3 is 0 Å². The topological polar surface area (TPSA) is 38.7 Å². The minimum absolute atomic E-state index is 0.637. The van der Waals surface area contributed by atoms with E-state index in [1.807, 2.05) is 72.0 Å². The highest BCUT2D eigenvalue weighted by Crippen LogP contribution is 2.45. The van der Waals surface area contributed by atoms with Gasteiger partial charge in [0.15, 0.2) is 17.5 Å². The Labute approximate surface area is 323 Å². The maximum absolute atomic E-state index is 5.00. The first kappa shape index (κ1) is 32.6. The molecule has 4 heteroatoms. The summed E-state index contributed by atoms with van der Waals surface area (Å²) in [6, 6.07) is 70.8. The van der Waals surface area contributed by atoms with Crippen LogP contribution in [0.15, 0.2) is 200 Å². The second kappa shape index (κ2) is 14.1. The lowest BCUT2D eigenvalue weighted by Gasteiger charge is -2.19. The number of hydrogen-bond donors (Lipinski definition) is 0. The van der Waals surface area contributed by atoms with Crippen LogP contribution >= 0.6 is 11.3 Å². The van der Waals surface area contributed by atoms with E-state index < -0.39 is 0 Å². The van der Waals surface area contributed by atoms with E-state index in [0.717, 1.165) is 27.8 Å². The predicted octanol–water partition coefficient (Wildman–Crippen LogP) is 13.9. The summed E-state index contributed by atoms with van der Waals surface area (Å²) in [5, 5.41) is 2.58. The molecular weight excluding hydrogens is 687 g/mol. The smallest absolute Gasteiger partial charge is 0.164 e. The molecule has 10 rings (SSSR count). The van der Waals surface area contributed by atoms with Gasteiger partial charge in [0.1, 0.15) is 0 Å². The van der Waals surface area contributed by atoms with Crippen LogP contribution in [0.1, 0.15) is 0 Å². The third-order valence-electron chi connectivity index (χ3n) is 10.1. The summed E-state index contributed by atoms with van der Waals surface area (Å²) >= 11 is 1.85. The van der Waals surface area contributed by atoms with E-state index in [1.54, 1.807) is 0 Å². The van der Waals surface area contributed by atoms with Crippen molar-refractivity contribution in [2.75, 3.05) is 0 Å². The van der Waals surface area contributed by atoms with E-state index >= 15 is 0 Å². The van der Waals surface area contributed by atoms with Gasteiger partial charge in [0, 0.05) is 36.9 Å². The largest absolute Gasteiger partial charge is 0.208 e. The average molecular weight is 720 g/mol. The summed E-state index contributed by atoms with van der Waals surface area (Å²) in [6.45, 7) is 0. The van der Waals surface area contributed by atoms with Crippen molar-refractivity contribution in [3.05, 3.63) is 200 Å². The average Bonchev–Trinajstić information content (AvgIpc) is 3.65. The number of rotatable bonds is 7. The molecule has 258 valence electrons. The Morgan fingerprint density at radius 1 is 0.273 bits per heavy atom. The molecule has 0 fully saturated rings. The molecule has 0 aliphatic heterocycles. The summed E-state index contributed by atoms with van der Waals surface area (Å²) in [4.78, 5) is 14.9. The highest BCUT2D eigenvalue weighted by atomic mass is 32.1. The van der Waals surface area contributed by atoms with Gasteiger partial charge in [0.05, 0.1) is 0 Å². The summed E-state index contributed by atoms with van der Waals surface area (Å²) in [6.07, 6.45) is 0. The summed E-state index contributed by atoms with van der Waals surface area (Å²) in [5.74, 6) is 1.93. The first-order valence-corrected chi connectivity index (χ1v) is 19.3. The molecule has 0 atom stereocenters. The molecule has 0 saturated heterocycles. The van der Waals surface area contributed by atoms with Crippen molar-refractivity contribution in [3.63, 3.8) is 0 Å². The van der Waals surface area contributed by atoms with Gasteiger partial charge in [0.2, 0.25) is 0 Å². The maximum atomic E-state index is 5.00. The second-order valence-corrected chi connectivity index (χ2v) is 14.7. The van der Waals surface area contributed by atoms with Crippen LogP contribution < -0.4 is 0 Å². The van der Waals surface area contributed by atoms with Crippen LogP contribution in [-0.2, 0) is 0 Å². The molecule has 10 aromatic rings. The zero-order valence-electron chi connectivity index (χ0n) is 29.8. The van der Waals surface area contributed by atoms with E-state index in [2.05, 4.69) is 140 Å². The molecule has 0 aliphatic carbocycles. The Bertz CT molecular complexity index is 2880. The lowest BCUT2D eigenvalue weighted by atomic mass is 9.84. The third kappa shape index (κ3) is 6.29. The minimum Gasteiger partial charge on any atom is -0.208 e. The van der Waals surface area contributed by atoms with Gasteiger partial charge in [-0.1, -0.05) is 170 Å². The van der Waals surface area contributed by atoms with Crippen LogP contribution in [0.2, 0.25) is 0 Å². The molecule has 0 bridgehead atoms. The van der Waals surface area contributed by atoms with Gasteiger partial charge in [0.25, 0.3) is 0 Å². The fraction of sp³-hybridized carbons (Fsp3) is 0. The van der Waals surface area contributed by atoms with Crippen LogP contribution in [0, 0.1) is 0 Å². The first-order valence-electron chi connectivity index (χ1n) is 18.4. The summed E-state index contributed by atoms with van der Waals surface area (Å²) in [5.41, 5.74) is 12.2. The van der Waals surface area contributed by atoms with Crippen molar-refractivity contribution >= 4 is 31.5 Å². The molecule has 0 amide bonds. The van der Waals surface area contributed by atoms with E-state index in [1.165, 1.54) is 53.6 Å². The lowest BCUT2D eigenvalue weighted by Crippen LogP contribution is -2.00. The number of hydrogen-bond acceptors (Lipinski definition) is 4. The molecule has 0 radical (unpaired) electrons. The van der Waals surface area contributed by atoms with Crippen LogP contribution in [0.3, 0.4) is 0 Å². The highest BCUT2D eigenvalue weighted by molar-refractivity contribution is 7.25. The van der Waals surface area contributed by atoms with Crippen LogP contribution in [0.4, 0.5) is 0 Å². The standard InChI is InChI=1S/C51H33N3S/c1-5-15-34(16-6-1)41-32-43(48(36-17-7-2-8-18-36)44(33-41)40-29-30-47-45(31-40)42-23-13-14-24-46(42)55-47)35-25-27-39(28-26-35)51-53-49(37-19-9-3-10-20-37)52-50(54-51)38-21-11-4-12-22-38/h1-33H. The monoisotopic (exact) mass is 719 g/mol. The van der Waals surface area contributed by atoms with Crippen molar-refractivity contribution < 1.29 is 0 Å². The fourth-order valence-electron chi connectivity index (χ4n) is 7.44. The third-order valence-corrected chi connectivity index (χ3v) is 11.3. The van der Waals surface area contributed by atoms with Gasteiger partial charge in [-0.05, 0) is 74.8 Å². The van der Waals surface area contributed by atoms with Gasteiger partial charge in [-0.15, -0.1) is 11.3 Å². The predicted molar refractivity (Wildman–Crippen MR) is 231 cm³/mol. The van der Waals surface area contributed by atoms with Gasteiger partial charge >= 0.3 is 0 Å². The normalized spacial score (nSPS) is 11.3.